The second-order valence-corrected chi connectivity index (χ2v) is 10.5. The number of anilines is 1. The third-order valence-corrected chi connectivity index (χ3v) is 7.58. The van der Waals surface area contributed by atoms with Gasteiger partial charge < -0.3 is 9.47 Å². The maximum absolute atomic E-state index is 14.3. The lowest BCUT2D eigenvalue weighted by Crippen LogP contribution is -2.28. The number of ether oxygens (including phenoxy) is 2. The zero-order chi connectivity index (χ0) is 25.2. The molecule has 1 aliphatic heterocycles. The van der Waals surface area contributed by atoms with Crippen LogP contribution in [-0.2, 0) is 11.4 Å². The van der Waals surface area contributed by atoms with Gasteiger partial charge in [-0.2, -0.15) is 0 Å². The van der Waals surface area contributed by atoms with Crippen LogP contribution < -0.4 is 14.4 Å². The first-order valence-electron chi connectivity index (χ1n) is 11.0. The van der Waals surface area contributed by atoms with Gasteiger partial charge in [-0.15, -0.1) is 0 Å². The smallest absolute Gasteiger partial charge is 0.270 e. The van der Waals surface area contributed by atoms with Gasteiger partial charge in [-0.3, -0.25) is 9.69 Å². The number of carbonyl (C=O) groups is 1. The van der Waals surface area contributed by atoms with Crippen molar-refractivity contribution in [3.63, 3.8) is 0 Å². The fourth-order valence-corrected chi connectivity index (χ4v) is 5.85. The minimum absolute atomic E-state index is 0.138. The summed E-state index contributed by atoms with van der Waals surface area (Å²) >= 11 is 10.1. The highest BCUT2D eigenvalue weighted by Crippen LogP contribution is 2.41. The van der Waals surface area contributed by atoms with Crippen molar-refractivity contribution in [2.75, 3.05) is 12.0 Å². The van der Waals surface area contributed by atoms with Gasteiger partial charge in [0.1, 0.15) is 12.4 Å². The number of methoxy groups -OCH3 is 1. The summed E-state index contributed by atoms with van der Waals surface area (Å²) in [6.45, 7) is 0.358. The molecule has 0 N–H and O–H groups in total. The quantitative estimate of drug-likeness (QED) is 0.172. The van der Waals surface area contributed by atoms with Crippen LogP contribution in [0.15, 0.2) is 88.2 Å². The highest BCUT2D eigenvalue weighted by atomic mass is 79.9. The van der Waals surface area contributed by atoms with Crippen LogP contribution in [0.4, 0.5) is 10.1 Å². The number of thioether (sulfide) groups is 1. The van der Waals surface area contributed by atoms with Crippen LogP contribution in [0.5, 0.6) is 11.5 Å². The van der Waals surface area contributed by atoms with Crippen molar-refractivity contribution >= 4 is 72.7 Å². The van der Waals surface area contributed by atoms with E-state index in [0.717, 1.165) is 28.1 Å². The molecule has 180 valence electrons. The number of nitrogens with zero attached hydrogens (tertiary/aromatic N) is 1. The minimum Gasteiger partial charge on any atom is -0.493 e. The zero-order valence-electron chi connectivity index (χ0n) is 19.0. The van der Waals surface area contributed by atoms with Crippen molar-refractivity contribution in [1.29, 1.82) is 0 Å². The molecular weight excluding hydrogens is 561 g/mol. The first-order valence-corrected chi connectivity index (χ1v) is 13.0. The summed E-state index contributed by atoms with van der Waals surface area (Å²) in [5, 5.41) is 2.27. The maximum atomic E-state index is 14.3. The van der Waals surface area contributed by atoms with E-state index in [2.05, 4.69) is 34.1 Å². The zero-order valence-corrected chi connectivity index (χ0v) is 22.3. The monoisotopic (exact) mass is 579 g/mol. The van der Waals surface area contributed by atoms with Crippen LogP contribution in [0.1, 0.15) is 11.1 Å². The van der Waals surface area contributed by atoms with Crippen LogP contribution in [0.3, 0.4) is 0 Å². The first-order chi connectivity index (χ1) is 17.5. The molecule has 4 aromatic rings. The average Bonchev–Trinajstić information content (AvgIpc) is 3.15. The summed E-state index contributed by atoms with van der Waals surface area (Å²) < 4.78 is 27.0. The summed E-state index contributed by atoms with van der Waals surface area (Å²) in [4.78, 5) is 14.7. The molecule has 0 unspecified atom stereocenters. The van der Waals surface area contributed by atoms with Gasteiger partial charge in [0.25, 0.3) is 5.91 Å². The number of para-hydroxylation sites is 1. The molecule has 0 aromatic heterocycles. The number of rotatable bonds is 6. The Labute approximate surface area is 225 Å². The Balaban J connectivity index is 1.41. The molecule has 4 aromatic carbocycles. The number of thiocarbonyl (C=S) groups is 1. The standard InChI is InChI=1S/C28H19BrFNO3S2/c1-33-24-14-17(15-25-27(32)31(28(35)36-25)23-12-5-4-11-22(23)30)13-21(29)26(24)34-16-19-9-6-8-18-7-2-3-10-20(18)19/h2-15H,16H2,1H3/b25-15+. The SMILES string of the molecule is COc1cc(/C=C2/SC(=S)N(c3ccccc3F)C2=O)cc(Br)c1OCc1cccc2ccccc12. The molecule has 1 fully saturated rings. The molecule has 36 heavy (non-hydrogen) atoms. The topological polar surface area (TPSA) is 38.8 Å². The third-order valence-electron chi connectivity index (χ3n) is 5.69. The van der Waals surface area contributed by atoms with E-state index in [1.165, 1.54) is 17.0 Å². The molecule has 1 aliphatic rings. The van der Waals surface area contributed by atoms with Gasteiger partial charge in [0.15, 0.2) is 15.8 Å². The molecule has 0 bridgehead atoms. The highest BCUT2D eigenvalue weighted by Gasteiger charge is 2.34. The van der Waals surface area contributed by atoms with E-state index in [-0.39, 0.29) is 15.9 Å². The van der Waals surface area contributed by atoms with Crippen LogP contribution >= 0.6 is 39.9 Å². The molecule has 0 atom stereocenters. The summed E-state index contributed by atoms with van der Waals surface area (Å²) in [5.41, 5.74) is 1.91. The van der Waals surface area contributed by atoms with Crippen LogP contribution in [0, 0.1) is 5.82 Å². The van der Waals surface area contributed by atoms with Gasteiger partial charge in [0.05, 0.1) is 22.2 Å². The first kappa shape index (κ1) is 24.5. The number of carbonyl (C=O) groups excluding carboxylic acids is 1. The van der Waals surface area contributed by atoms with Crippen LogP contribution in [0.25, 0.3) is 16.8 Å². The summed E-state index contributed by atoms with van der Waals surface area (Å²) in [6.07, 6.45) is 1.71. The van der Waals surface area contributed by atoms with Gasteiger partial charge in [-0.1, -0.05) is 78.6 Å². The molecule has 0 aliphatic carbocycles. The molecule has 0 saturated carbocycles. The Morgan fingerprint density at radius 3 is 2.61 bits per heavy atom. The lowest BCUT2D eigenvalue weighted by Gasteiger charge is -2.15. The Morgan fingerprint density at radius 1 is 1.06 bits per heavy atom. The number of hydrogen-bond acceptors (Lipinski definition) is 5. The lowest BCUT2D eigenvalue weighted by atomic mass is 10.1. The van der Waals surface area contributed by atoms with Gasteiger partial charge in [-0.05, 0) is 68.2 Å². The van der Waals surface area contributed by atoms with E-state index < -0.39 is 5.82 Å². The number of benzene rings is 4. The molecule has 8 heteroatoms. The van der Waals surface area contributed by atoms with Crippen molar-refractivity contribution in [2.45, 2.75) is 6.61 Å². The van der Waals surface area contributed by atoms with E-state index in [4.69, 9.17) is 21.7 Å². The van der Waals surface area contributed by atoms with Crippen molar-refractivity contribution in [3.05, 3.63) is 105 Å². The Morgan fingerprint density at radius 2 is 1.81 bits per heavy atom. The Bertz CT molecular complexity index is 1530. The number of amides is 1. The second-order valence-electron chi connectivity index (χ2n) is 7.93. The van der Waals surface area contributed by atoms with Gasteiger partial charge >= 0.3 is 0 Å². The van der Waals surface area contributed by atoms with E-state index in [9.17, 15) is 9.18 Å². The highest BCUT2D eigenvalue weighted by molar-refractivity contribution is 9.10. The van der Waals surface area contributed by atoms with Crippen LogP contribution in [-0.4, -0.2) is 17.3 Å². The van der Waals surface area contributed by atoms with E-state index in [0.29, 0.717) is 33.0 Å². The Kier molecular flexibility index (Phi) is 7.09. The van der Waals surface area contributed by atoms with Gasteiger partial charge in [0, 0.05) is 0 Å². The maximum Gasteiger partial charge on any atom is 0.270 e. The van der Waals surface area contributed by atoms with Crippen molar-refractivity contribution < 1.29 is 18.7 Å². The fourth-order valence-electron chi connectivity index (χ4n) is 3.99. The summed E-state index contributed by atoms with van der Waals surface area (Å²) in [7, 11) is 1.56. The van der Waals surface area contributed by atoms with E-state index in [1.807, 2.05) is 30.3 Å². The molecule has 0 radical (unpaired) electrons. The van der Waals surface area contributed by atoms with Crippen molar-refractivity contribution in [1.82, 2.24) is 0 Å². The molecule has 5 rings (SSSR count). The molecular formula is C28H19BrFNO3S2. The van der Waals surface area contributed by atoms with E-state index >= 15 is 0 Å². The van der Waals surface area contributed by atoms with Gasteiger partial charge in [-0.25, -0.2) is 4.39 Å². The predicted octanol–water partition coefficient (Wildman–Crippen LogP) is 7.73. The van der Waals surface area contributed by atoms with Crippen LogP contribution in [0.2, 0.25) is 0 Å². The molecule has 0 spiro atoms. The largest absolute Gasteiger partial charge is 0.493 e. The minimum atomic E-state index is -0.507. The molecule has 1 heterocycles. The molecule has 1 amide bonds. The van der Waals surface area contributed by atoms with Crippen molar-refractivity contribution in [3.8, 4) is 11.5 Å². The summed E-state index contributed by atoms with van der Waals surface area (Å²) in [6, 6.07) is 24.0. The number of halogens is 2. The normalized spacial score (nSPS) is 14.6. The Hall–Kier alpha value is -3.20. The average molecular weight is 581 g/mol. The molecule has 1 saturated heterocycles. The van der Waals surface area contributed by atoms with Gasteiger partial charge in [0.2, 0.25) is 0 Å². The fraction of sp³-hybridized carbons (Fsp3) is 0.0714. The summed E-state index contributed by atoms with van der Waals surface area (Å²) in [5.74, 6) is 0.190. The third kappa shape index (κ3) is 4.76. The molecule has 4 nitrogen and oxygen atoms in total. The predicted molar refractivity (Wildman–Crippen MR) is 151 cm³/mol. The second kappa shape index (κ2) is 10.4. The van der Waals surface area contributed by atoms with Crippen molar-refractivity contribution in [2.24, 2.45) is 0 Å². The lowest BCUT2D eigenvalue weighted by molar-refractivity contribution is -0.113. The number of hydrogen-bond donors (Lipinski definition) is 0. The number of fused-ring (bicyclic) bond motifs is 1. The van der Waals surface area contributed by atoms with E-state index in [1.54, 1.807) is 31.4 Å².